The quantitative estimate of drug-likeness (QED) is 0.671. The van der Waals surface area contributed by atoms with Crippen molar-refractivity contribution in [2.24, 2.45) is 0 Å². The first-order chi connectivity index (χ1) is 9.13. The van der Waals surface area contributed by atoms with Crippen LogP contribution in [0, 0.1) is 11.3 Å². The first-order valence-corrected chi connectivity index (χ1v) is 6.85. The van der Waals surface area contributed by atoms with Crippen molar-refractivity contribution >= 4 is 34.9 Å². The standard InChI is InChI=1S/C12H9ClN4OS/c1-19-12-16-10(9(6-14)11(18)17-12)15-8-4-2-7(13)3-5-8/h2-5H,1H3,(H2,15,16,17,18). The van der Waals surface area contributed by atoms with Crippen LogP contribution in [0.2, 0.25) is 5.02 Å². The second kappa shape index (κ2) is 5.78. The molecule has 0 saturated carbocycles. The Kier molecular flexibility index (Phi) is 4.10. The minimum Gasteiger partial charge on any atom is -0.339 e. The molecule has 0 bridgehead atoms. The highest BCUT2D eigenvalue weighted by Gasteiger charge is 2.11. The number of halogens is 1. The van der Waals surface area contributed by atoms with E-state index in [1.54, 1.807) is 30.5 Å². The SMILES string of the molecule is CSc1nc(Nc2ccc(Cl)cc2)c(C#N)c(=O)[nH]1. The number of nitrogens with zero attached hydrogens (tertiary/aromatic N) is 2. The molecule has 0 aliphatic rings. The molecule has 0 atom stereocenters. The summed E-state index contributed by atoms with van der Waals surface area (Å²) in [7, 11) is 0. The maximum absolute atomic E-state index is 11.7. The molecule has 19 heavy (non-hydrogen) atoms. The van der Waals surface area contributed by atoms with Crippen LogP contribution < -0.4 is 10.9 Å². The highest BCUT2D eigenvalue weighted by atomic mass is 35.5. The highest BCUT2D eigenvalue weighted by Crippen LogP contribution is 2.20. The normalized spacial score (nSPS) is 9.95. The fourth-order valence-electron chi connectivity index (χ4n) is 1.41. The van der Waals surface area contributed by atoms with Gasteiger partial charge in [-0.25, -0.2) is 4.98 Å². The van der Waals surface area contributed by atoms with E-state index in [4.69, 9.17) is 16.9 Å². The monoisotopic (exact) mass is 292 g/mol. The van der Waals surface area contributed by atoms with E-state index in [0.717, 1.165) is 0 Å². The summed E-state index contributed by atoms with van der Waals surface area (Å²) in [5, 5.41) is 13.0. The molecule has 96 valence electrons. The second-order valence-corrected chi connectivity index (χ2v) is 4.77. The summed E-state index contributed by atoms with van der Waals surface area (Å²) in [6.45, 7) is 0. The third-order valence-corrected chi connectivity index (χ3v) is 3.14. The van der Waals surface area contributed by atoms with Crippen LogP contribution in [0.3, 0.4) is 0 Å². The lowest BCUT2D eigenvalue weighted by atomic mass is 10.3. The first-order valence-electron chi connectivity index (χ1n) is 5.25. The molecular weight excluding hydrogens is 284 g/mol. The van der Waals surface area contributed by atoms with Gasteiger partial charge in [0.2, 0.25) is 0 Å². The van der Waals surface area contributed by atoms with Gasteiger partial charge in [0.25, 0.3) is 5.56 Å². The number of hydrogen-bond donors (Lipinski definition) is 2. The summed E-state index contributed by atoms with van der Waals surface area (Å²) in [4.78, 5) is 18.4. The van der Waals surface area contributed by atoms with Crippen molar-refractivity contribution in [1.82, 2.24) is 9.97 Å². The van der Waals surface area contributed by atoms with Crippen molar-refractivity contribution in [2.45, 2.75) is 5.16 Å². The highest BCUT2D eigenvalue weighted by molar-refractivity contribution is 7.98. The number of hydrogen-bond acceptors (Lipinski definition) is 5. The van der Waals surface area contributed by atoms with E-state index < -0.39 is 5.56 Å². The van der Waals surface area contributed by atoms with Gasteiger partial charge in [0.05, 0.1) is 0 Å². The molecule has 0 unspecified atom stereocenters. The molecule has 7 heteroatoms. The lowest BCUT2D eigenvalue weighted by Crippen LogP contribution is -2.15. The number of benzene rings is 1. The van der Waals surface area contributed by atoms with E-state index >= 15 is 0 Å². The predicted molar refractivity (Wildman–Crippen MR) is 76.1 cm³/mol. The Balaban J connectivity index is 2.44. The van der Waals surface area contributed by atoms with Crippen molar-refractivity contribution in [3.63, 3.8) is 0 Å². The number of nitrogens with one attached hydrogen (secondary N) is 2. The molecule has 2 N–H and O–H groups in total. The van der Waals surface area contributed by atoms with E-state index in [0.29, 0.717) is 15.9 Å². The number of nitriles is 1. The van der Waals surface area contributed by atoms with Crippen LogP contribution in [-0.4, -0.2) is 16.2 Å². The summed E-state index contributed by atoms with van der Waals surface area (Å²) < 4.78 is 0. The molecule has 1 aromatic carbocycles. The largest absolute Gasteiger partial charge is 0.339 e. The molecule has 0 radical (unpaired) electrons. The van der Waals surface area contributed by atoms with E-state index in [1.165, 1.54) is 11.8 Å². The van der Waals surface area contributed by atoms with Crippen LogP contribution in [-0.2, 0) is 0 Å². The zero-order valence-electron chi connectivity index (χ0n) is 9.90. The van der Waals surface area contributed by atoms with E-state index in [9.17, 15) is 4.79 Å². The summed E-state index contributed by atoms with van der Waals surface area (Å²) in [6, 6.07) is 8.74. The third-order valence-electron chi connectivity index (χ3n) is 2.31. The van der Waals surface area contributed by atoms with Gasteiger partial charge in [-0.1, -0.05) is 23.4 Å². The van der Waals surface area contributed by atoms with Crippen LogP contribution in [0.5, 0.6) is 0 Å². The topological polar surface area (TPSA) is 81.6 Å². The molecular formula is C12H9ClN4OS. The van der Waals surface area contributed by atoms with Crippen LogP contribution in [0.1, 0.15) is 5.56 Å². The van der Waals surface area contributed by atoms with Crippen LogP contribution in [0.25, 0.3) is 0 Å². The van der Waals surface area contributed by atoms with Crippen molar-refractivity contribution in [1.29, 1.82) is 5.26 Å². The molecule has 0 fully saturated rings. The maximum Gasteiger partial charge on any atom is 0.271 e. The number of rotatable bonds is 3. The molecule has 1 heterocycles. The van der Waals surface area contributed by atoms with E-state index in [1.807, 2.05) is 6.07 Å². The Hall–Kier alpha value is -1.97. The number of aromatic amines is 1. The maximum atomic E-state index is 11.7. The zero-order valence-corrected chi connectivity index (χ0v) is 11.5. The lowest BCUT2D eigenvalue weighted by molar-refractivity contribution is 0.937. The van der Waals surface area contributed by atoms with Crippen molar-refractivity contribution in [3.05, 3.63) is 45.2 Å². The predicted octanol–water partition coefficient (Wildman–Crippen LogP) is 2.76. The average molecular weight is 293 g/mol. The number of thioether (sulfide) groups is 1. The third kappa shape index (κ3) is 3.08. The zero-order chi connectivity index (χ0) is 13.8. The van der Waals surface area contributed by atoms with E-state index in [2.05, 4.69) is 15.3 Å². The van der Waals surface area contributed by atoms with Gasteiger partial charge in [-0.15, -0.1) is 0 Å². The molecule has 0 saturated heterocycles. The summed E-state index contributed by atoms with van der Waals surface area (Å²) in [6.07, 6.45) is 1.79. The molecule has 5 nitrogen and oxygen atoms in total. The summed E-state index contributed by atoms with van der Waals surface area (Å²) >= 11 is 7.08. The molecule has 0 aliphatic heterocycles. The first kappa shape index (κ1) is 13.5. The van der Waals surface area contributed by atoms with Crippen molar-refractivity contribution in [3.8, 4) is 6.07 Å². The Morgan fingerprint density at radius 1 is 1.42 bits per heavy atom. The van der Waals surface area contributed by atoms with Gasteiger partial charge >= 0.3 is 0 Å². The minimum atomic E-state index is -0.460. The van der Waals surface area contributed by atoms with Crippen LogP contribution >= 0.6 is 23.4 Å². The minimum absolute atomic E-state index is 0.0484. The van der Waals surface area contributed by atoms with Gasteiger partial charge in [0.1, 0.15) is 6.07 Å². The Bertz CT molecular complexity index is 690. The van der Waals surface area contributed by atoms with Gasteiger partial charge in [-0.05, 0) is 30.5 Å². The van der Waals surface area contributed by atoms with Crippen molar-refractivity contribution in [2.75, 3.05) is 11.6 Å². The molecule has 2 rings (SSSR count). The number of aromatic nitrogens is 2. The van der Waals surface area contributed by atoms with Gasteiger partial charge in [0, 0.05) is 10.7 Å². The van der Waals surface area contributed by atoms with Gasteiger partial charge < -0.3 is 10.3 Å². The Labute approximate surface area is 118 Å². The Morgan fingerprint density at radius 2 is 2.11 bits per heavy atom. The van der Waals surface area contributed by atoms with Crippen LogP contribution in [0.4, 0.5) is 11.5 Å². The lowest BCUT2D eigenvalue weighted by Gasteiger charge is -2.08. The fraction of sp³-hybridized carbons (Fsp3) is 0.0833. The van der Waals surface area contributed by atoms with E-state index in [-0.39, 0.29) is 11.4 Å². The smallest absolute Gasteiger partial charge is 0.271 e. The molecule has 1 aromatic heterocycles. The molecule has 0 amide bonds. The van der Waals surface area contributed by atoms with Gasteiger partial charge in [-0.3, -0.25) is 4.79 Å². The second-order valence-electron chi connectivity index (χ2n) is 3.54. The Morgan fingerprint density at radius 3 is 2.68 bits per heavy atom. The fourth-order valence-corrected chi connectivity index (χ4v) is 1.92. The average Bonchev–Trinajstić information content (AvgIpc) is 2.41. The van der Waals surface area contributed by atoms with Gasteiger partial charge in [-0.2, -0.15) is 5.26 Å². The van der Waals surface area contributed by atoms with Crippen LogP contribution in [0.15, 0.2) is 34.2 Å². The molecule has 0 spiro atoms. The van der Waals surface area contributed by atoms with Gasteiger partial charge in [0.15, 0.2) is 16.5 Å². The summed E-state index contributed by atoms with van der Waals surface area (Å²) in [5.74, 6) is 0.234. The summed E-state index contributed by atoms with van der Waals surface area (Å²) in [5.41, 5.74) is 0.192. The van der Waals surface area contributed by atoms with Crippen molar-refractivity contribution < 1.29 is 0 Å². The number of H-pyrrole nitrogens is 1. The molecule has 0 aliphatic carbocycles. The molecule has 2 aromatic rings. The number of anilines is 2.